The molecule has 18 heavy (non-hydrogen) atoms. The number of aromatic nitrogens is 2. The Morgan fingerprint density at radius 1 is 1.33 bits per heavy atom. The first-order valence-corrected chi connectivity index (χ1v) is 7.62. The Bertz CT molecular complexity index is 528. The van der Waals surface area contributed by atoms with E-state index < -0.39 is 0 Å². The molecule has 3 nitrogen and oxygen atoms in total. The van der Waals surface area contributed by atoms with Crippen molar-refractivity contribution in [2.24, 2.45) is 5.73 Å². The maximum atomic E-state index is 6.23. The molecular weight excluding hydrogens is 286 g/mol. The fourth-order valence-corrected chi connectivity index (χ4v) is 4.05. The lowest BCUT2D eigenvalue weighted by Gasteiger charge is -2.20. The molecule has 0 bridgehead atoms. The highest BCUT2D eigenvalue weighted by Crippen LogP contribution is 2.40. The van der Waals surface area contributed by atoms with Gasteiger partial charge in [0.1, 0.15) is 5.01 Å². The zero-order valence-corrected chi connectivity index (χ0v) is 12.5. The molecular formula is C12H14ClN3S2. The maximum absolute atomic E-state index is 6.23. The fraction of sp³-hybridized carbons (Fsp3) is 0.333. The largest absolute Gasteiger partial charge is 0.327 e. The molecule has 0 saturated carbocycles. The van der Waals surface area contributed by atoms with Crippen molar-refractivity contribution in [1.82, 2.24) is 10.2 Å². The van der Waals surface area contributed by atoms with Crippen molar-refractivity contribution >= 4 is 34.7 Å². The average molecular weight is 300 g/mol. The van der Waals surface area contributed by atoms with E-state index in [-0.39, 0.29) is 11.3 Å². The second-order valence-electron chi connectivity index (χ2n) is 4.01. The van der Waals surface area contributed by atoms with Gasteiger partial charge in [0, 0.05) is 11.1 Å². The number of nitrogens with two attached hydrogens (primary N) is 1. The van der Waals surface area contributed by atoms with Gasteiger partial charge in [-0.05, 0) is 25.5 Å². The minimum Gasteiger partial charge on any atom is -0.327 e. The van der Waals surface area contributed by atoms with Gasteiger partial charge in [-0.15, -0.1) is 10.2 Å². The molecule has 0 aliphatic heterocycles. The summed E-state index contributed by atoms with van der Waals surface area (Å²) < 4.78 is 0.926. The number of hydrogen-bond acceptors (Lipinski definition) is 5. The fourth-order valence-electron chi connectivity index (χ4n) is 1.59. The summed E-state index contributed by atoms with van der Waals surface area (Å²) in [5.41, 5.74) is 7.12. The smallest absolute Gasteiger partial charge is 0.174 e. The van der Waals surface area contributed by atoms with E-state index in [0.717, 1.165) is 19.9 Å². The van der Waals surface area contributed by atoms with Crippen molar-refractivity contribution < 1.29 is 0 Å². The molecule has 1 aromatic carbocycles. The predicted molar refractivity (Wildman–Crippen MR) is 78.3 cm³/mol. The molecule has 1 heterocycles. The van der Waals surface area contributed by atoms with Crippen LogP contribution in [0, 0.1) is 6.92 Å². The highest BCUT2D eigenvalue weighted by atomic mass is 35.5. The quantitative estimate of drug-likeness (QED) is 0.875. The van der Waals surface area contributed by atoms with Crippen LogP contribution in [0.15, 0.2) is 28.6 Å². The number of hydrogen-bond donors (Lipinski definition) is 1. The Morgan fingerprint density at radius 3 is 2.61 bits per heavy atom. The van der Waals surface area contributed by atoms with E-state index in [1.54, 1.807) is 23.1 Å². The normalized spacial score (nSPS) is 14.4. The third-order valence-electron chi connectivity index (χ3n) is 2.42. The Balaban J connectivity index is 2.27. The van der Waals surface area contributed by atoms with Crippen LogP contribution < -0.4 is 5.73 Å². The summed E-state index contributed by atoms with van der Waals surface area (Å²) in [6.45, 7) is 3.92. The SMILES string of the molecule is Cc1nnc(SC(c2ccccc2Cl)C(C)N)s1. The monoisotopic (exact) mass is 299 g/mol. The van der Waals surface area contributed by atoms with E-state index in [2.05, 4.69) is 10.2 Å². The van der Waals surface area contributed by atoms with Crippen molar-refractivity contribution in [3.05, 3.63) is 39.9 Å². The molecule has 2 aromatic rings. The standard InChI is InChI=1S/C12H14ClN3S2/c1-7(14)11(9-5-3-4-6-10(9)13)18-12-16-15-8(2)17-12/h3-7,11H,14H2,1-2H3. The van der Waals surface area contributed by atoms with Crippen molar-refractivity contribution in [2.45, 2.75) is 29.5 Å². The third kappa shape index (κ3) is 3.23. The molecule has 0 amide bonds. The number of halogens is 1. The van der Waals surface area contributed by atoms with Crippen molar-refractivity contribution in [1.29, 1.82) is 0 Å². The molecule has 0 radical (unpaired) electrons. The first kappa shape index (κ1) is 13.8. The molecule has 2 rings (SSSR count). The van der Waals surface area contributed by atoms with Gasteiger partial charge in [0.2, 0.25) is 0 Å². The number of rotatable bonds is 4. The molecule has 0 aliphatic carbocycles. The molecule has 96 valence electrons. The van der Waals surface area contributed by atoms with Crippen LogP contribution in [0.25, 0.3) is 0 Å². The predicted octanol–water partition coefficient (Wildman–Crippen LogP) is 3.68. The second-order valence-corrected chi connectivity index (χ2v) is 6.98. The molecule has 6 heteroatoms. The summed E-state index contributed by atoms with van der Waals surface area (Å²) >= 11 is 9.43. The van der Waals surface area contributed by atoms with Crippen LogP contribution >= 0.6 is 34.7 Å². The van der Waals surface area contributed by atoms with Gasteiger partial charge in [-0.1, -0.05) is 52.9 Å². The number of aryl methyl sites for hydroxylation is 1. The molecule has 1 aromatic heterocycles. The highest BCUT2D eigenvalue weighted by molar-refractivity contribution is 8.01. The summed E-state index contributed by atoms with van der Waals surface area (Å²) in [7, 11) is 0. The van der Waals surface area contributed by atoms with Gasteiger partial charge in [-0.3, -0.25) is 0 Å². The zero-order chi connectivity index (χ0) is 13.1. The van der Waals surface area contributed by atoms with Gasteiger partial charge in [0.05, 0.1) is 5.25 Å². The van der Waals surface area contributed by atoms with Gasteiger partial charge >= 0.3 is 0 Å². The van der Waals surface area contributed by atoms with Gasteiger partial charge in [-0.2, -0.15) is 0 Å². The van der Waals surface area contributed by atoms with Crippen molar-refractivity contribution in [2.75, 3.05) is 0 Å². The number of nitrogens with zero attached hydrogens (tertiary/aromatic N) is 2. The first-order valence-electron chi connectivity index (χ1n) is 5.54. The topological polar surface area (TPSA) is 51.8 Å². The van der Waals surface area contributed by atoms with Crippen molar-refractivity contribution in [3.8, 4) is 0 Å². The van der Waals surface area contributed by atoms with Gasteiger partial charge in [0.25, 0.3) is 0 Å². The number of benzene rings is 1. The molecule has 2 unspecified atom stereocenters. The summed E-state index contributed by atoms with van der Waals surface area (Å²) in [5, 5.41) is 9.94. The van der Waals surface area contributed by atoms with E-state index in [1.807, 2.05) is 38.1 Å². The van der Waals surface area contributed by atoms with Gasteiger partial charge in [0.15, 0.2) is 4.34 Å². The summed E-state index contributed by atoms with van der Waals surface area (Å²) in [6.07, 6.45) is 0. The minimum absolute atomic E-state index is 0.0147. The van der Waals surface area contributed by atoms with Crippen LogP contribution in [0.3, 0.4) is 0 Å². The number of thioether (sulfide) groups is 1. The van der Waals surface area contributed by atoms with Crippen LogP contribution in [-0.2, 0) is 0 Å². The van der Waals surface area contributed by atoms with Crippen LogP contribution in [0.4, 0.5) is 0 Å². The zero-order valence-electron chi connectivity index (χ0n) is 10.1. The maximum Gasteiger partial charge on any atom is 0.174 e. The molecule has 2 atom stereocenters. The summed E-state index contributed by atoms with van der Waals surface area (Å²) in [4.78, 5) is 0. The van der Waals surface area contributed by atoms with Crippen molar-refractivity contribution in [3.63, 3.8) is 0 Å². The molecule has 0 saturated heterocycles. The van der Waals surface area contributed by atoms with E-state index in [9.17, 15) is 0 Å². The summed E-state index contributed by atoms with van der Waals surface area (Å²) in [6, 6.07) is 7.78. The van der Waals surface area contributed by atoms with E-state index in [1.165, 1.54) is 0 Å². The van der Waals surface area contributed by atoms with E-state index >= 15 is 0 Å². The average Bonchev–Trinajstić information content (AvgIpc) is 2.73. The first-order chi connectivity index (χ1) is 8.58. The Kier molecular flexibility index (Phi) is 4.61. The molecule has 2 N–H and O–H groups in total. The molecule has 0 fully saturated rings. The second kappa shape index (κ2) is 6.02. The van der Waals surface area contributed by atoms with Crippen LogP contribution in [-0.4, -0.2) is 16.2 Å². The summed E-state index contributed by atoms with van der Waals surface area (Å²) in [5.74, 6) is 0. The Hall–Kier alpha value is -0.620. The van der Waals surface area contributed by atoms with E-state index in [4.69, 9.17) is 17.3 Å². The lowest BCUT2D eigenvalue weighted by Crippen LogP contribution is -2.22. The minimum atomic E-state index is -0.0147. The Morgan fingerprint density at radius 2 is 2.06 bits per heavy atom. The molecule has 0 aliphatic rings. The van der Waals surface area contributed by atoms with Gasteiger partial charge in [-0.25, -0.2) is 0 Å². The van der Waals surface area contributed by atoms with Gasteiger partial charge < -0.3 is 5.73 Å². The molecule has 0 spiro atoms. The highest BCUT2D eigenvalue weighted by Gasteiger charge is 2.21. The van der Waals surface area contributed by atoms with Crippen LogP contribution in [0.2, 0.25) is 5.02 Å². The third-order valence-corrected chi connectivity index (χ3v) is 5.16. The van der Waals surface area contributed by atoms with Crippen LogP contribution in [0.1, 0.15) is 22.7 Å². The van der Waals surface area contributed by atoms with Crippen LogP contribution in [0.5, 0.6) is 0 Å². The lowest BCUT2D eigenvalue weighted by atomic mass is 10.1. The lowest BCUT2D eigenvalue weighted by molar-refractivity contribution is 0.720. The van der Waals surface area contributed by atoms with E-state index in [0.29, 0.717) is 0 Å². The Labute approximate surface area is 120 Å².